The van der Waals surface area contributed by atoms with Gasteiger partial charge in [-0.2, -0.15) is 10.1 Å². The maximum Gasteiger partial charge on any atom is 0.253 e. The van der Waals surface area contributed by atoms with Crippen LogP contribution in [0, 0.1) is 13.8 Å². The maximum atomic E-state index is 12.7. The van der Waals surface area contributed by atoms with Crippen molar-refractivity contribution in [2.75, 3.05) is 11.9 Å². The summed E-state index contributed by atoms with van der Waals surface area (Å²) < 4.78 is 1.68. The Labute approximate surface area is 192 Å². The molecule has 0 aliphatic heterocycles. The van der Waals surface area contributed by atoms with Gasteiger partial charge in [-0.1, -0.05) is 42.5 Å². The number of hydrogen-bond donors (Lipinski definition) is 2. The summed E-state index contributed by atoms with van der Waals surface area (Å²) in [4.78, 5) is 34.0. The van der Waals surface area contributed by atoms with Crippen molar-refractivity contribution >= 4 is 23.3 Å². The van der Waals surface area contributed by atoms with Gasteiger partial charge in [0.05, 0.1) is 11.3 Å². The van der Waals surface area contributed by atoms with Crippen LogP contribution in [0.3, 0.4) is 0 Å². The number of anilines is 1. The van der Waals surface area contributed by atoms with E-state index >= 15 is 0 Å². The zero-order chi connectivity index (χ0) is 23.2. The molecule has 0 saturated heterocycles. The molecular weight excluding hydrogens is 416 g/mol. The minimum Gasteiger partial charge on any atom is -0.352 e. The summed E-state index contributed by atoms with van der Waals surface area (Å²) >= 11 is 0. The van der Waals surface area contributed by atoms with Gasteiger partial charge in [-0.05, 0) is 49.9 Å². The van der Waals surface area contributed by atoms with Gasteiger partial charge in [-0.15, -0.1) is 0 Å². The van der Waals surface area contributed by atoms with Gasteiger partial charge in [-0.3, -0.25) is 9.59 Å². The lowest BCUT2D eigenvalue weighted by atomic mass is 10.1. The number of hydrogen-bond acceptors (Lipinski definition) is 5. The first kappa shape index (κ1) is 22.1. The van der Waals surface area contributed by atoms with E-state index in [4.69, 9.17) is 0 Å². The summed E-state index contributed by atoms with van der Waals surface area (Å²) in [6.45, 7) is 4.37. The van der Waals surface area contributed by atoms with Crippen molar-refractivity contribution in [3.05, 3.63) is 89.0 Å². The van der Waals surface area contributed by atoms with Crippen molar-refractivity contribution in [3.8, 4) is 0 Å². The van der Waals surface area contributed by atoms with E-state index in [9.17, 15) is 9.59 Å². The highest BCUT2D eigenvalue weighted by Gasteiger charge is 2.15. The Hall–Kier alpha value is -4.07. The smallest absolute Gasteiger partial charge is 0.253 e. The molecule has 8 heteroatoms. The van der Waals surface area contributed by atoms with Crippen molar-refractivity contribution in [1.82, 2.24) is 24.9 Å². The van der Waals surface area contributed by atoms with Gasteiger partial charge in [0.25, 0.3) is 11.7 Å². The number of nitrogens with one attached hydrogen (secondary N) is 2. The molecular formula is C25H26N6O2. The Morgan fingerprint density at radius 2 is 1.73 bits per heavy atom. The molecule has 33 heavy (non-hydrogen) atoms. The number of aromatic nitrogens is 4. The van der Waals surface area contributed by atoms with Gasteiger partial charge in [0, 0.05) is 24.4 Å². The fraction of sp³-hybridized carbons (Fsp3) is 0.240. The summed E-state index contributed by atoms with van der Waals surface area (Å²) in [6, 6.07) is 17.0. The van der Waals surface area contributed by atoms with Crippen LogP contribution in [0.4, 0.5) is 5.69 Å². The van der Waals surface area contributed by atoms with Crippen LogP contribution in [0.1, 0.15) is 39.3 Å². The zero-order valence-electron chi connectivity index (χ0n) is 18.7. The zero-order valence-corrected chi connectivity index (χ0v) is 18.7. The van der Waals surface area contributed by atoms with E-state index in [1.54, 1.807) is 28.8 Å². The van der Waals surface area contributed by atoms with E-state index < -0.39 is 0 Å². The topological polar surface area (TPSA) is 101 Å². The highest BCUT2D eigenvalue weighted by atomic mass is 16.2. The molecule has 0 aliphatic carbocycles. The van der Waals surface area contributed by atoms with Gasteiger partial charge in [0.2, 0.25) is 5.91 Å². The monoisotopic (exact) mass is 442 g/mol. The number of para-hydroxylation sites is 1. The van der Waals surface area contributed by atoms with Gasteiger partial charge in [-0.25, -0.2) is 9.50 Å². The van der Waals surface area contributed by atoms with Crippen LogP contribution in [-0.2, 0) is 17.6 Å². The maximum absolute atomic E-state index is 12.7. The van der Waals surface area contributed by atoms with E-state index in [2.05, 4.69) is 25.7 Å². The molecule has 8 nitrogen and oxygen atoms in total. The number of rotatable bonds is 8. The Balaban J connectivity index is 1.37. The van der Waals surface area contributed by atoms with Crippen LogP contribution < -0.4 is 10.6 Å². The van der Waals surface area contributed by atoms with E-state index in [0.29, 0.717) is 30.0 Å². The van der Waals surface area contributed by atoms with Crippen LogP contribution in [0.15, 0.2) is 60.9 Å². The number of carbonyl (C=O) groups is 2. The Morgan fingerprint density at radius 3 is 2.55 bits per heavy atom. The SMILES string of the molecule is Cc1nc2ncnn2c(C)c1CCC(=O)Nc1ccccc1C(=O)NCCc1ccccc1. The Morgan fingerprint density at radius 1 is 0.970 bits per heavy atom. The Kier molecular flexibility index (Phi) is 6.73. The van der Waals surface area contributed by atoms with Gasteiger partial charge < -0.3 is 10.6 Å². The quantitative estimate of drug-likeness (QED) is 0.436. The standard InChI is InChI=1S/C25H26N6O2/c1-17-20(18(2)31-25(29-17)27-16-28-31)12-13-23(32)30-22-11-7-6-10-21(22)24(33)26-15-14-19-8-4-3-5-9-19/h3-11,16H,12-15H2,1-2H3,(H,26,33)(H,30,32). The molecule has 2 aromatic carbocycles. The third kappa shape index (κ3) is 5.23. The van der Waals surface area contributed by atoms with Crippen LogP contribution in [0.5, 0.6) is 0 Å². The van der Waals surface area contributed by atoms with Gasteiger partial charge in [0.15, 0.2) is 0 Å². The first-order valence-electron chi connectivity index (χ1n) is 10.9. The molecule has 0 radical (unpaired) electrons. The van der Waals surface area contributed by atoms with Gasteiger partial charge in [0.1, 0.15) is 6.33 Å². The fourth-order valence-electron chi connectivity index (χ4n) is 3.82. The van der Waals surface area contributed by atoms with E-state index in [1.165, 1.54) is 6.33 Å². The van der Waals surface area contributed by atoms with E-state index in [-0.39, 0.29) is 18.2 Å². The average Bonchev–Trinajstić information content (AvgIpc) is 3.28. The van der Waals surface area contributed by atoms with Crippen LogP contribution in [0.2, 0.25) is 0 Å². The molecule has 0 bridgehead atoms. The van der Waals surface area contributed by atoms with Crippen molar-refractivity contribution < 1.29 is 9.59 Å². The predicted molar refractivity (Wildman–Crippen MR) is 126 cm³/mol. The normalized spacial score (nSPS) is 10.8. The highest BCUT2D eigenvalue weighted by molar-refractivity contribution is 6.03. The molecule has 168 valence electrons. The third-order valence-electron chi connectivity index (χ3n) is 5.58. The molecule has 0 atom stereocenters. The average molecular weight is 443 g/mol. The van der Waals surface area contributed by atoms with Crippen LogP contribution in [-0.4, -0.2) is 37.9 Å². The number of nitrogens with zero attached hydrogens (tertiary/aromatic N) is 4. The number of fused-ring (bicyclic) bond motifs is 1. The molecule has 2 heterocycles. The first-order valence-corrected chi connectivity index (χ1v) is 10.9. The molecule has 2 N–H and O–H groups in total. The predicted octanol–water partition coefficient (Wildman–Crippen LogP) is 3.28. The second-order valence-electron chi connectivity index (χ2n) is 7.82. The molecule has 4 aromatic rings. The minimum absolute atomic E-state index is 0.169. The highest BCUT2D eigenvalue weighted by Crippen LogP contribution is 2.18. The largest absolute Gasteiger partial charge is 0.352 e. The Bertz CT molecular complexity index is 1280. The summed E-state index contributed by atoms with van der Waals surface area (Å²) in [5, 5.41) is 10.0. The number of amides is 2. The lowest BCUT2D eigenvalue weighted by molar-refractivity contribution is -0.116. The second-order valence-corrected chi connectivity index (χ2v) is 7.82. The molecule has 0 fully saturated rings. The van der Waals surface area contributed by atoms with Crippen molar-refractivity contribution in [2.45, 2.75) is 33.1 Å². The lowest BCUT2D eigenvalue weighted by Crippen LogP contribution is -2.27. The first-order chi connectivity index (χ1) is 16.0. The molecule has 4 rings (SSSR count). The number of benzene rings is 2. The van der Waals surface area contributed by atoms with Crippen LogP contribution >= 0.6 is 0 Å². The molecule has 0 aliphatic rings. The molecule has 2 aromatic heterocycles. The number of carbonyl (C=O) groups excluding carboxylic acids is 2. The van der Waals surface area contributed by atoms with E-state index in [0.717, 1.165) is 28.9 Å². The minimum atomic E-state index is -0.214. The van der Waals surface area contributed by atoms with Crippen molar-refractivity contribution in [2.24, 2.45) is 0 Å². The van der Waals surface area contributed by atoms with Crippen molar-refractivity contribution in [1.29, 1.82) is 0 Å². The lowest BCUT2D eigenvalue weighted by Gasteiger charge is -2.13. The fourth-order valence-corrected chi connectivity index (χ4v) is 3.82. The summed E-state index contributed by atoms with van der Waals surface area (Å²) in [5.41, 5.74) is 4.81. The summed E-state index contributed by atoms with van der Waals surface area (Å²) in [6.07, 6.45) is 2.97. The van der Waals surface area contributed by atoms with Crippen molar-refractivity contribution in [3.63, 3.8) is 0 Å². The van der Waals surface area contributed by atoms with E-state index in [1.807, 2.05) is 44.2 Å². The molecule has 0 unspecified atom stereocenters. The molecule has 0 spiro atoms. The second kappa shape index (κ2) is 10.0. The molecule has 2 amide bonds. The summed E-state index contributed by atoms with van der Waals surface area (Å²) in [7, 11) is 0. The molecule has 0 saturated carbocycles. The summed E-state index contributed by atoms with van der Waals surface area (Å²) in [5.74, 6) is 0.164. The van der Waals surface area contributed by atoms with Crippen LogP contribution in [0.25, 0.3) is 5.78 Å². The van der Waals surface area contributed by atoms with Gasteiger partial charge >= 0.3 is 0 Å². The number of aryl methyl sites for hydroxylation is 2. The third-order valence-corrected chi connectivity index (χ3v) is 5.58.